The molecule has 0 saturated heterocycles. The van der Waals surface area contributed by atoms with Crippen molar-refractivity contribution in [2.45, 2.75) is 40.2 Å². The SMILES string of the molecule is CNC(/C=C\NC1=CCN(C)C(C)=C1/C=C(\C)CN1CC=C(c2ncc(C(=O)N(C)C)cc2C)CC1)=C/C(C)OC. The lowest BCUT2D eigenvalue weighted by Gasteiger charge is -2.29. The van der Waals surface area contributed by atoms with Gasteiger partial charge in [0.25, 0.3) is 5.91 Å². The molecule has 0 saturated carbocycles. The summed E-state index contributed by atoms with van der Waals surface area (Å²) < 4.78 is 5.35. The minimum Gasteiger partial charge on any atom is -0.388 e. The summed E-state index contributed by atoms with van der Waals surface area (Å²) in [5.74, 6) is -0.0202. The monoisotopic (exact) mass is 560 g/mol. The number of carbonyl (C=O) groups is 1. The molecule has 41 heavy (non-hydrogen) atoms. The number of ether oxygens (including phenoxy) is 1. The Hall–Kier alpha value is -3.62. The summed E-state index contributed by atoms with van der Waals surface area (Å²) in [7, 11) is 9.28. The number of aryl methyl sites for hydroxylation is 1. The molecule has 1 atom stereocenters. The predicted octanol–water partition coefficient (Wildman–Crippen LogP) is 4.47. The van der Waals surface area contributed by atoms with Crippen LogP contribution in [0, 0.1) is 6.92 Å². The predicted molar refractivity (Wildman–Crippen MR) is 169 cm³/mol. The molecule has 1 aromatic heterocycles. The van der Waals surface area contributed by atoms with Crippen LogP contribution in [0.5, 0.6) is 0 Å². The van der Waals surface area contributed by atoms with Crippen molar-refractivity contribution in [1.82, 2.24) is 30.3 Å². The molecule has 1 aromatic rings. The summed E-state index contributed by atoms with van der Waals surface area (Å²) in [6.07, 6.45) is 15.6. The van der Waals surface area contributed by atoms with Crippen molar-refractivity contribution in [1.29, 1.82) is 0 Å². The number of methoxy groups -OCH3 is 1. The molecule has 0 aliphatic carbocycles. The Bertz CT molecular complexity index is 1280. The maximum Gasteiger partial charge on any atom is 0.254 e. The van der Waals surface area contributed by atoms with Gasteiger partial charge in [0.2, 0.25) is 0 Å². The number of hydrogen-bond donors (Lipinski definition) is 2. The van der Waals surface area contributed by atoms with Crippen LogP contribution in [0.2, 0.25) is 0 Å². The van der Waals surface area contributed by atoms with E-state index in [1.807, 2.05) is 45.3 Å². The minimum atomic E-state index is -0.0202. The topological polar surface area (TPSA) is 73.0 Å². The lowest BCUT2D eigenvalue weighted by atomic mass is 9.99. The molecule has 3 rings (SSSR count). The summed E-state index contributed by atoms with van der Waals surface area (Å²) in [5.41, 5.74) is 9.82. The third-order valence-electron chi connectivity index (χ3n) is 7.59. The van der Waals surface area contributed by atoms with Crippen molar-refractivity contribution in [2.24, 2.45) is 0 Å². The molecule has 8 nitrogen and oxygen atoms in total. The number of nitrogens with one attached hydrogen (secondary N) is 2. The normalized spacial score (nSPS) is 17.9. The van der Waals surface area contributed by atoms with Gasteiger partial charge in [-0.2, -0.15) is 0 Å². The molecule has 8 heteroatoms. The first kappa shape index (κ1) is 31.9. The van der Waals surface area contributed by atoms with Gasteiger partial charge in [-0.25, -0.2) is 0 Å². The Morgan fingerprint density at radius 3 is 2.61 bits per heavy atom. The minimum absolute atomic E-state index is 0.0202. The van der Waals surface area contributed by atoms with Crippen LogP contribution in [0.4, 0.5) is 0 Å². The molecule has 0 radical (unpaired) electrons. The molecule has 2 aliphatic rings. The van der Waals surface area contributed by atoms with Gasteiger partial charge < -0.3 is 25.2 Å². The van der Waals surface area contributed by atoms with Crippen LogP contribution in [0.3, 0.4) is 0 Å². The number of aromatic nitrogens is 1. The van der Waals surface area contributed by atoms with Crippen LogP contribution in [0.25, 0.3) is 5.57 Å². The van der Waals surface area contributed by atoms with E-state index in [1.165, 1.54) is 22.4 Å². The van der Waals surface area contributed by atoms with Gasteiger partial charge in [0.1, 0.15) is 0 Å². The Labute approximate surface area is 246 Å². The number of rotatable bonds is 11. The Balaban J connectivity index is 1.68. The lowest BCUT2D eigenvalue weighted by molar-refractivity contribution is 0.0827. The van der Waals surface area contributed by atoms with Gasteiger partial charge in [-0.1, -0.05) is 17.7 Å². The summed E-state index contributed by atoms with van der Waals surface area (Å²) in [6.45, 7) is 12.1. The largest absolute Gasteiger partial charge is 0.388 e. The molecule has 222 valence electrons. The zero-order valence-electron chi connectivity index (χ0n) is 26.3. The smallest absolute Gasteiger partial charge is 0.254 e. The van der Waals surface area contributed by atoms with E-state index in [0.29, 0.717) is 5.56 Å². The number of hydrogen-bond acceptors (Lipinski definition) is 7. The van der Waals surface area contributed by atoms with Crippen LogP contribution in [-0.4, -0.2) is 93.2 Å². The maximum atomic E-state index is 12.3. The molecule has 1 amide bonds. The van der Waals surface area contributed by atoms with Gasteiger partial charge in [-0.3, -0.25) is 14.7 Å². The summed E-state index contributed by atoms with van der Waals surface area (Å²) in [5, 5.41) is 6.72. The van der Waals surface area contributed by atoms with Crippen molar-refractivity contribution in [2.75, 3.05) is 61.5 Å². The molecule has 2 N–H and O–H groups in total. The van der Waals surface area contributed by atoms with Crippen molar-refractivity contribution in [3.63, 3.8) is 0 Å². The summed E-state index contributed by atoms with van der Waals surface area (Å²) in [6, 6.07) is 1.95. The van der Waals surface area contributed by atoms with Crippen molar-refractivity contribution < 1.29 is 9.53 Å². The van der Waals surface area contributed by atoms with Crippen LogP contribution >= 0.6 is 0 Å². The second-order valence-corrected chi connectivity index (χ2v) is 11.1. The first-order valence-electron chi connectivity index (χ1n) is 14.3. The third kappa shape index (κ3) is 8.68. The van der Waals surface area contributed by atoms with Crippen molar-refractivity contribution in [3.8, 4) is 0 Å². The van der Waals surface area contributed by atoms with Crippen LogP contribution in [0.15, 0.2) is 77.1 Å². The molecule has 1 unspecified atom stereocenters. The average Bonchev–Trinajstić information content (AvgIpc) is 2.95. The van der Waals surface area contributed by atoms with E-state index >= 15 is 0 Å². The number of likely N-dealkylation sites (N-methyl/N-ethyl adjacent to an activating group) is 2. The van der Waals surface area contributed by atoms with E-state index in [-0.39, 0.29) is 12.0 Å². The van der Waals surface area contributed by atoms with Gasteiger partial charge in [0.15, 0.2) is 0 Å². The summed E-state index contributed by atoms with van der Waals surface area (Å²) in [4.78, 5) is 23.3. The first-order valence-corrected chi connectivity index (χ1v) is 14.3. The molecular formula is C33H48N6O2. The lowest BCUT2D eigenvalue weighted by Crippen LogP contribution is -2.30. The fourth-order valence-corrected chi connectivity index (χ4v) is 4.96. The van der Waals surface area contributed by atoms with Crippen LogP contribution in [0.1, 0.15) is 48.8 Å². The van der Waals surface area contributed by atoms with Gasteiger partial charge in [-0.05, 0) is 69.5 Å². The number of amides is 1. The molecule has 0 bridgehead atoms. The van der Waals surface area contributed by atoms with E-state index in [9.17, 15) is 4.79 Å². The number of allylic oxidation sites excluding steroid dienone is 3. The quantitative estimate of drug-likeness (QED) is 0.387. The number of carbonyl (C=O) groups excluding carboxylic acids is 1. The van der Waals surface area contributed by atoms with E-state index in [2.05, 4.69) is 64.5 Å². The standard InChI is InChI=1S/C33H48N6O2/c1-23(18-30-26(4)38(8)15-13-31(30)35-14-10-29(34-5)20-25(3)41-9)22-39-16-11-27(12-17-39)32-24(2)19-28(21-36-32)33(40)37(6)7/h10-11,13-14,18-21,25,34-35H,12,15-17,22H2,1-9H3/b14-10-,23-18+,29-20+. The van der Waals surface area contributed by atoms with Gasteiger partial charge in [0, 0.05) is 96.5 Å². The van der Waals surface area contributed by atoms with Crippen molar-refractivity contribution >= 4 is 11.5 Å². The molecule has 2 aliphatic heterocycles. The summed E-state index contributed by atoms with van der Waals surface area (Å²) >= 11 is 0. The second-order valence-electron chi connectivity index (χ2n) is 11.1. The Morgan fingerprint density at radius 1 is 1.24 bits per heavy atom. The molecule has 0 aromatic carbocycles. The second kappa shape index (κ2) is 14.8. The molecule has 3 heterocycles. The van der Waals surface area contributed by atoms with E-state index in [1.54, 1.807) is 32.3 Å². The molecule has 0 spiro atoms. The fourth-order valence-electron chi connectivity index (χ4n) is 4.96. The zero-order valence-corrected chi connectivity index (χ0v) is 26.3. The highest BCUT2D eigenvalue weighted by Crippen LogP contribution is 2.26. The van der Waals surface area contributed by atoms with Crippen LogP contribution < -0.4 is 10.6 Å². The Morgan fingerprint density at radius 2 is 2.00 bits per heavy atom. The van der Waals surface area contributed by atoms with E-state index in [4.69, 9.17) is 4.74 Å². The average molecular weight is 561 g/mol. The third-order valence-corrected chi connectivity index (χ3v) is 7.59. The number of nitrogens with zero attached hydrogens (tertiary/aromatic N) is 4. The van der Waals surface area contributed by atoms with E-state index < -0.39 is 0 Å². The van der Waals surface area contributed by atoms with E-state index in [0.717, 1.165) is 55.3 Å². The van der Waals surface area contributed by atoms with Gasteiger partial charge >= 0.3 is 0 Å². The Kier molecular flexibility index (Phi) is 11.6. The highest BCUT2D eigenvalue weighted by atomic mass is 16.5. The number of pyridine rings is 1. The fraction of sp³-hybridized carbons (Fsp3) is 0.455. The van der Waals surface area contributed by atoms with Gasteiger partial charge in [0.05, 0.1) is 17.4 Å². The molecule has 0 fully saturated rings. The van der Waals surface area contributed by atoms with Crippen molar-refractivity contribution in [3.05, 3.63) is 93.9 Å². The van der Waals surface area contributed by atoms with Gasteiger partial charge in [-0.15, -0.1) is 0 Å². The highest BCUT2D eigenvalue weighted by Gasteiger charge is 2.19. The van der Waals surface area contributed by atoms with Crippen LogP contribution in [-0.2, 0) is 4.74 Å². The zero-order chi connectivity index (χ0) is 30.1. The molecular weight excluding hydrogens is 512 g/mol. The maximum absolute atomic E-state index is 12.3. The highest BCUT2D eigenvalue weighted by molar-refractivity contribution is 5.94. The first-order chi connectivity index (χ1) is 19.5.